The summed E-state index contributed by atoms with van der Waals surface area (Å²) in [5.41, 5.74) is 12.6. The van der Waals surface area contributed by atoms with E-state index in [0.29, 0.717) is 23.0 Å². The number of hydrogen-bond donors (Lipinski definition) is 3. The highest BCUT2D eigenvalue weighted by atomic mass is 31.2. The van der Waals surface area contributed by atoms with Crippen LogP contribution < -0.4 is 9.05 Å². The molecule has 280 valence electrons. The molecule has 0 bridgehead atoms. The fourth-order valence-electron chi connectivity index (χ4n) is 12.1. The summed E-state index contributed by atoms with van der Waals surface area (Å²) in [5, 5.41) is 21.9. The zero-order valence-corrected chi connectivity index (χ0v) is 34.4. The van der Waals surface area contributed by atoms with Crippen molar-refractivity contribution < 1.29 is 28.7 Å². The number of phosphoric acid groups is 1. The van der Waals surface area contributed by atoms with Crippen LogP contribution >= 0.6 is 7.82 Å². The van der Waals surface area contributed by atoms with Crippen molar-refractivity contribution in [1.82, 2.24) is 0 Å². The molecular weight excluding hydrogens is 679 g/mol. The van der Waals surface area contributed by atoms with E-state index in [1.54, 1.807) is 0 Å². The Kier molecular flexibility index (Phi) is 7.34. The van der Waals surface area contributed by atoms with Crippen molar-refractivity contribution in [2.24, 2.45) is 0 Å². The number of phenols is 2. The van der Waals surface area contributed by atoms with E-state index in [0.717, 1.165) is 70.2 Å². The third-order valence-corrected chi connectivity index (χ3v) is 14.1. The Morgan fingerprint density at radius 1 is 0.472 bits per heavy atom. The van der Waals surface area contributed by atoms with E-state index in [2.05, 4.69) is 79.7 Å². The summed E-state index contributed by atoms with van der Waals surface area (Å²) in [6.07, 6.45) is 3.69. The van der Waals surface area contributed by atoms with E-state index in [4.69, 9.17) is 9.05 Å². The van der Waals surface area contributed by atoms with E-state index in [1.807, 2.05) is 52.0 Å². The summed E-state index contributed by atoms with van der Waals surface area (Å²) in [4.78, 5) is 10.5. The number of phenolic OH excluding ortho intramolecular Hbond substituents is 2. The quantitative estimate of drug-likeness (QED) is 0.156. The molecule has 4 aromatic rings. The molecule has 0 atom stereocenters. The molecule has 0 aromatic heterocycles. The van der Waals surface area contributed by atoms with Crippen molar-refractivity contribution in [2.75, 3.05) is 0 Å². The highest BCUT2D eigenvalue weighted by Crippen LogP contribution is 2.70. The normalized spacial score (nSPS) is 22.6. The average molecular weight is 735 g/mol. The maximum atomic E-state index is 12.9. The first-order chi connectivity index (χ1) is 24.3. The van der Waals surface area contributed by atoms with Crippen LogP contribution in [0.4, 0.5) is 0 Å². The predicted molar refractivity (Wildman–Crippen MR) is 211 cm³/mol. The van der Waals surface area contributed by atoms with E-state index in [9.17, 15) is 19.7 Å². The van der Waals surface area contributed by atoms with Gasteiger partial charge in [0.1, 0.15) is 23.0 Å². The zero-order valence-electron chi connectivity index (χ0n) is 33.5. The van der Waals surface area contributed by atoms with Crippen LogP contribution in [0.2, 0.25) is 0 Å². The van der Waals surface area contributed by atoms with Gasteiger partial charge in [-0.15, -0.1) is 0 Å². The van der Waals surface area contributed by atoms with Gasteiger partial charge in [-0.3, -0.25) is 4.89 Å². The maximum Gasteiger partial charge on any atom is 0.584 e. The SMILES string of the molecule is Cc1cc(O)c2c(c1)C(C)(C)CC21CC(C)(C)c2cc(C)cc(O)c21.Cc1cc2c3c(c1)C(C)(C)CC31CC(C)(C)c3cc(C)cc(c31)OP(=O)(O)O2. The van der Waals surface area contributed by atoms with E-state index >= 15 is 0 Å². The van der Waals surface area contributed by atoms with E-state index in [1.165, 1.54) is 22.3 Å². The molecule has 0 radical (unpaired) electrons. The molecule has 0 fully saturated rings. The van der Waals surface area contributed by atoms with Gasteiger partial charge in [0.25, 0.3) is 0 Å². The Labute approximate surface area is 315 Å². The summed E-state index contributed by atoms with van der Waals surface area (Å²) in [5.74, 6) is 1.76. The Bertz CT molecular complexity index is 2170. The van der Waals surface area contributed by atoms with Crippen molar-refractivity contribution in [3.63, 3.8) is 0 Å². The summed E-state index contributed by atoms with van der Waals surface area (Å²) in [6.45, 7) is 26.2. The first kappa shape index (κ1) is 36.3. The first-order valence-corrected chi connectivity index (χ1v) is 20.5. The minimum Gasteiger partial charge on any atom is -0.508 e. The molecule has 4 aromatic carbocycles. The topological polar surface area (TPSA) is 96.2 Å². The zero-order chi connectivity index (χ0) is 38.6. The Morgan fingerprint density at radius 2 is 0.736 bits per heavy atom. The second kappa shape index (κ2) is 10.7. The van der Waals surface area contributed by atoms with Gasteiger partial charge in [-0.1, -0.05) is 79.7 Å². The van der Waals surface area contributed by atoms with Crippen molar-refractivity contribution in [3.05, 3.63) is 115 Å². The fourth-order valence-corrected chi connectivity index (χ4v) is 12.9. The Morgan fingerprint density at radius 3 is 1.06 bits per heavy atom. The lowest BCUT2D eigenvalue weighted by atomic mass is 9.72. The molecule has 4 aliphatic carbocycles. The number of phosphoric ester groups is 1. The number of aromatic hydroxyl groups is 2. The van der Waals surface area contributed by atoms with Gasteiger partial charge in [-0.2, -0.15) is 0 Å². The van der Waals surface area contributed by atoms with Gasteiger partial charge in [0.15, 0.2) is 0 Å². The molecule has 9 rings (SSSR count). The molecule has 6 nitrogen and oxygen atoms in total. The molecule has 2 spiro atoms. The van der Waals surface area contributed by atoms with Crippen LogP contribution in [-0.2, 0) is 37.1 Å². The van der Waals surface area contributed by atoms with Gasteiger partial charge >= 0.3 is 7.82 Å². The number of aryl methyl sites for hydroxylation is 4. The third kappa shape index (κ3) is 5.11. The van der Waals surface area contributed by atoms with Crippen molar-refractivity contribution in [2.45, 2.75) is 141 Å². The molecule has 0 saturated heterocycles. The fraction of sp³-hybridized carbons (Fsp3) is 0.478. The van der Waals surface area contributed by atoms with Gasteiger partial charge in [0.2, 0.25) is 0 Å². The minimum absolute atomic E-state index is 0.0339. The predicted octanol–water partition coefficient (Wildman–Crippen LogP) is 11.2. The highest BCUT2D eigenvalue weighted by Gasteiger charge is 2.61. The van der Waals surface area contributed by atoms with Gasteiger partial charge in [0, 0.05) is 33.1 Å². The van der Waals surface area contributed by atoms with E-state index in [-0.39, 0.29) is 32.5 Å². The Balaban J connectivity index is 0.000000152. The molecule has 1 aliphatic heterocycles. The lowest BCUT2D eigenvalue weighted by Gasteiger charge is -2.34. The standard InChI is InChI=1S/C23H27O4P.C23H28O2/c1-13-7-15-19-17(9-13)26-28(24,25)27-18-10-14(2)8-16-20(18)23(19,11-21(15,3)4)12-22(16,5)6;1-13-7-15-19(17(24)9-13)23(11-21(15,3)4)12-22(5,6)16-8-14(2)10-18(25)20(16)23/h7-10H,11-12H2,1-6H3,(H,24,25);7-10,24-25H,11-12H2,1-6H3. The third-order valence-electron chi connectivity index (χ3n) is 13.2. The number of fused-ring (bicyclic) bond motifs is 4. The van der Waals surface area contributed by atoms with Crippen LogP contribution in [0.1, 0.15) is 148 Å². The summed E-state index contributed by atoms with van der Waals surface area (Å²) in [7, 11) is -4.29. The summed E-state index contributed by atoms with van der Waals surface area (Å²) < 4.78 is 24.2. The van der Waals surface area contributed by atoms with Gasteiger partial charge in [-0.25, -0.2) is 4.57 Å². The molecule has 0 amide bonds. The molecular formula is C46H55O6P. The van der Waals surface area contributed by atoms with Crippen LogP contribution in [0.3, 0.4) is 0 Å². The number of hydrogen-bond acceptors (Lipinski definition) is 5. The summed E-state index contributed by atoms with van der Waals surface area (Å²) in [6, 6.07) is 16.4. The largest absolute Gasteiger partial charge is 0.584 e. The molecule has 1 heterocycles. The smallest absolute Gasteiger partial charge is 0.508 e. The molecule has 53 heavy (non-hydrogen) atoms. The lowest BCUT2D eigenvalue weighted by Crippen LogP contribution is -2.28. The van der Waals surface area contributed by atoms with Gasteiger partial charge in [0.05, 0.1) is 0 Å². The summed E-state index contributed by atoms with van der Waals surface area (Å²) >= 11 is 0. The van der Waals surface area contributed by atoms with Crippen LogP contribution in [0.25, 0.3) is 0 Å². The average Bonchev–Trinajstić information content (AvgIpc) is 3.52. The van der Waals surface area contributed by atoms with E-state index < -0.39 is 7.82 Å². The van der Waals surface area contributed by atoms with Gasteiger partial charge < -0.3 is 19.3 Å². The van der Waals surface area contributed by atoms with Crippen LogP contribution in [-0.4, -0.2) is 15.1 Å². The number of benzene rings is 4. The highest BCUT2D eigenvalue weighted by molar-refractivity contribution is 7.48. The van der Waals surface area contributed by atoms with Crippen molar-refractivity contribution in [3.8, 4) is 23.0 Å². The van der Waals surface area contributed by atoms with Crippen LogP contribution in [0, 0.1) is 27.7 Å². The second-order valence-corrected chi connectivity index (χ2v) is 21.1. The van der Waals surface area contributed by atoms with Crippen LogP contribution in [0.5, 0.6) is 23.0 Å². The number of rotatable bonds is 0. The Hall–Kier alpha value is -3.73. The monoisotopic (exact) mass is 734 g/mol. The molecule has 0 saturated carbocycles. The molecule has 0 unspecified atom stereocenters. The second-order valence-electron chi connectivity index (χ2n) is 19.8. The minimum atomic E-state index is -4.29. The van der Waals surface area contributed by atoms with Crippen LogP contribution in [0.15, 0.2) is 48.5 Å². The molecule has 3 N–H and O–H groups in total. The maximum absolute atomic E-state index is 12.9. The van der Waals surface area contributed by atoms with Crippen molar-refractivity contribution in [1.29, 1.82) is 0 Å². The molecule has 7 heteroatoms. The van der Waals surface area contributed by atoms with Crippen molar-refractivity contribution >= 4 is 7.82 Å². The lowest BCUT2D eigenvalue weighted by molar-refractivity contribution is 0.275. The first-order valence-electron chi connectivity index (χ1n) is 19.1. The van der Waals surface area contributed by atoms with Gasteiger partial charge in [-0.05, 0) is 144 Å². The molecule has 5 aliphatic rings.